The fourth-order valence-corrected chi connectivity index (χ4v) is 4.45. The summed E-state index contributed by atoms with van der Waals surface area (Å²) >= 11 is 0. The molecular formula is C24H31N3O2. The highest BCUT2D eigenvalue weighted by atomic mass is 16.5. The van der Waals surface area contributed by atoms with Crippen LogP contribution in [0.1, 0.15) is 30.7 Å². The van der Waals surface area contributed by atoms with Crippen LogP contribution in [0.25, 0.3) is 10.9 Å². The first-order valence-electron chi connectivity index (χ1n) is 10.4. The molecule has 1 atom stereocenters. The number of aromatic nitrogens is 1. The summed E-state index contributed by atoms with van der Waals surface area (Å²) in [5, 5.41) is 4.87. The maximum Gasteiger partial charge on any atom is 0.162 e. The number of hydrogen-bond acceptors (Lipinski definition) is 4. The minimum Gasteiger partial charge on any atom is -0.493 e. The van der Waals surface area contributed by atoms with Crippen LogP contribution in [-0.4, -0.2) is 43.8 Å². The monoisotopic (exact) mass is 393 g/mol. The first kappa shape index (κ1) is 19.6. The van der Waals surface area contributed by atoms with Crippen LogP contribution in [0.4, 0.5) is 11.4 Å². The zero-order valence-electron chi connectivity index (χ0n) is 17.9. The van der Waals surface area contributed by atoms with Gasteiger partial charge in [-0.3, -0.25) is 0 Å². The largest absolute Gasteiger partial charge is 0.493 e. The van der Waals surface area contributed by atoms with Crippen molar-refractivity contribution in [3.63, 3.8) is 0 Å². The molecule has 1 unspecified atom stereocenters. The van der Waals surface area contributed by atoms with Gasteiger partial charge in [-0.05, 0) is 75.1 Å². The van der Waals surface area contributed by atoms with Crippen LogP contribution in [-0.2, 0) is 7.05 Å². The van der Waals surface area contributed by atoms with E-state index in [4.69, 9.17) is 9.47 Å². The second-order valence-corrected chi connectivity index (χ2v) is 8.05. The zero-order valence-corrected chi connectivity index (χ0v) is 17.9. The molecule has 0 amide bonds. The summed E-state index contributed by atoms with van der Waals surface area (Å²) in [6, 6.07) is 12.6. The van der Waals surface area contributed by atoms with Crippen LogP contribution in [0.15, 0.2) is 42.6 Å². The van der Waals surface area contributed by atoms with Crippen LogP contribution in [0.5, 0.6) is 11.5 Å². The van der Waals surface area contributed by atoms with E-state index in [0.29, 0.717) is 5.92 Å². The van der Waals surface area contributed by atoms with E-state index < -0.39 is 0 Å². The van der Waals surface area contributed by atoms with Crippen LogP contribution in [0, 0.1) is 0 Å². The van der Waals surface area contributed by atoms with E-state index >= 15 is 0 Å². The van der Waals surface area contributed by atoms with Crippen molar-refractivity contribution in [2.45, 2.75) is 25.2 Å². The first-order valence-corrected chi connectivity index (χ1v) is 10.4. The van der Waals surface area contributed by atoms with Gasteiger partial charge < -0.3 is 24.3 Å². The van der Waals surface area contributed by atoms with Crippen LogP contribution in [0.2, 0.25) is 0 Å². The Labute approximate surface area is 173 Å². The molecule has 0 bridgehead atoms. The summed E-state index contributed by atoms with van der Waals surface area (Å²) in [7, 11) is 7.69. The molecule has 0 aliphatic carbocycles. The van der Waals surface area contributed by atoms with E-state index in [9.17, 15) is 0 Å². The van der Waals surface area contributed by atoms with Crippen molar-refractivity contribution < 1.29 is 9.47 Å². The maximum absolute atomic E-state index is 5.42. The third kappa shape index (κ3) is 4.06. The lowest BCUT2D eigenvalue weighted by Gasteiger charge is -2.15. The lowest BCUT2D eigenvalue weighted by Crippen LogP contribution is -2.18. The van der Waals surface area contributed by atoms with Gasteiger partial charge in [0.1, 0.15) is 0 Å². The summed E-state index contributed by atoms with van der Waals surface area (Å²) in [5.74, 6) is 2.10. The fourth-order valence-electron chi connectivity index (χ4n) is 4.45. The number of ether oxygens (including phenoxy) is 2. The first-order chi connectivity index (χ1) is 14.1. The zero-order chi connectivity index (χ0) is 20.4. The minimum absolute atomic E-state index is 0.647. The van der Waals surface area contributed by atoms with Crippen LogP contribution in [0.3, 0.4) is 0 Å². The molecule has 29 heavy (non-hydrogen) atoms. The lowest BCUT2D eigenvalue weighted by atomic mass is 9.92. The third-order valence-corrected chi connectivity index (χ3v) is 6.09. The van der Waals surface area contributed by atoms with Crippen LogP contribution >= 0.6 is 0 Å². The predicted octanol–water partition coefficient (Wildman–Crippen LogP) is 5.14. The van der Waals surface area contributed by atoms with Crippen LogP contribution < -0.4 is 14.8 Å². The smallest absolute Gasteiger partial charge is 0.162 e. The van der Waals surface area contributed by atoms with Gasteiger partial charge >= 0.3 is 0 Å². The molecule has 0 spiro atoms. The average molecular weight is 394 g/mol. The highest BCUT2D eigenvalue weighted by Crippen LogP contribution is 2.36. The number of anilines is 2. The standard InChI is InChI=1S/C24H31N3O2/c1-26-12-5-6-17(11-13-26)21-16-27(2)22-14-18(7-9-20(21)22)25-19-8-10-23(28-3)24(15-19)29-4/h7-10,14-17,25H,5-6,11-13H2,1-4H3. The molecule has 0 saturated carbocycles. The summed E-state index contributed by atoms with van der Waals surface area (Å²) in [4.78, 5) is 2.45. The number of aryl methyl sites for hydroxylation is 1. The molecule has 3 aromatic rings. The number of nitrogens with zero attached hydrogens (tertiary/aromatic N) is 2. The number of fused-ring (bicyclic) bond motifs is 1. The number of nitrogens with one attached hydrogen (secondary N) is 1. The Morgan fingerprint density at radius 1 is 0.897 bits per heavy atom. The second kappa shape index (κ2) is 8.37. The normalized spacial score (nSPS) is 17.9. The molecule has 4 rings (SSSR count). The number of rotatable bonds is 5. The molecule has 1 saturated heterocycles. The molecule has 2 aromatic carbocycles. The highest BCUT2D eigenvalue weighted by Gasteiger charge is 2.20. The van der Waals surface area contributed by atoms with E-state index in [1.807, 2.05) is 18.2 Å². The van der Waals surface area contributed by atoms with E-state index in [0.717, 1.165) is 22.9 Å². The molecule has 1 aliphatic heterocycles. The average Bonchev–Trinajstić information content (AvgIpc) is 2.90. The number of methoxy groups -OCH3 is 2. The molecule has 1 fully saturated rings. The lowest BCUT2D eigenvalue weighted by molar-refractivity contribution is 0.347. The highest BCUT2D eigenvalue weighted by molar-refractivity contribution is 5.88. The molecule has 1 aromatic heterocycles. The molecule has 1 aliphatic rings. The fraction of sp³-hybridized carbons (Fsp3) is 0.417. The Kier molecular flexibility index (Phi) is 5.67. The van der Waals surface area contributed by atoms with Crippen molar-refractivity contribution in [3.8, 4) is 11.5 Å². The molecule has 1 N–H and O–H groups in total. The van der Waals surface area contributed by atoms with Gasteiger partial charge in [-0.2, -0.15) is 0 Å². The Morgan fingerprint density at radius 2 is 1.66 bits per heavy atom. The van der Waals surface area contributed by atoms with Crippen molar-refractivity contribution in [2.75, 3.05) is 39.7 Å². The third-order valence-electron chi connectivity index (χ3n) is 6.09. The Hall–Kier alpha value is -2.66. The van der Waals surface area contributed by atoms with Gasteiger partial charge in [0.15, 0.2) is 11.5 Å². The Balaban J connectivity index is 1.61. The van der Waals surface area contributed by atoms with E-state index in [2.05, 4.69) is 53.3 Å². The quantitative estimate of drug-likeness (QED) is 0.652. The molecule has 5 nitrogen and oxygen atoms in total. The molecule has 0 radical (unpaired) electrons. The number of hydrogen-bond donors (Lipinski definition) is 1. The summed E-state index contributed by atoms with van der Waals surface area (Å²) in [6.07, 6.45) is 6.12. The Morgan fingerprint density at radius 3 is 2.45 bits per heavy atom. The number of benzene rings is 2. The van der Waals surface area contributed by atoms with Gasteiger partial charge in [0, 0.05) is 36.1 Å². The number of likely N-dealkylation sites (tertiary alicyclic amines) is 1. The second-order valence-electron chi connectivity index (χ2n) is 8.05. The van der Waals surface area contributed by atoms with Crippen molar-refractivity contribution in [1.82, 2.24) is 9.47 Å². The topological polar surface area (TPSA) is 38.7 Å². The molecule has 154 valence electrons. The van der Waals surface area contributed by atoms with Crippen molar-refractivity contribution in [1.29, 1.82) is 0 Å². The summed E-state index contributed by atoms with van der Waals surface area (Å²) < 4.78 is 13.0. The molecule has 5 heteroatoms. The Bertz CT molecular complexity index is 995. The van der Waals surface area contributed by atoms with Gasteiger partial charge in [0.2, 0.25) is 0 Å². The van der Waals surface area contributed by atoms with E-state index in [1.54, 1.807) is 14.2 Å². The summed E-state index contributed by atoms with van der Waals surface area (Å²) in [5.41, 5.74) is 4.81. The minimum atomic E-state index is 0.647. The van der Waals surface area contributed by atoms with Gasteiger partial charge in [-0.25, -0.2) is 0 Å². The van der Waals surface area contributed by atoms with Gasteiger partial charge in [-0.1, -0.05) is 6.07 Å². The predicted molar refractivity (Wildman–Crippen MR) is 120 cm³/mol. The van der Waals surface area contributed by atoms with Crippen molar-refractivity contribution >= 4 is 22.3 Å². The van der Waals surface area contributed by atoms with E-state index in [-0.39, 0.29) is 0 Å². The van der Waals surface area contributed by atoms with Gasteiger partial charge in [0.05, 0.1) is 19.7 Å². The maximum atomic E-state index is 5.42. The van der Waals surface area contributed by atoms with Crippen molar-refractivity contribution in [3.05, 3.63) is 48.2 Å². The van der Waals surface area contributed by atoms with Crippen molar-refractivity contribution in [2.24, 2.45) is 7.05 Å². The molecule has 2 heterocycles. The van der Waals surface area contributed by atoms with Gasteiger partial charge in [-0.15, -0.1) is 0 Å². The SMILES string of the molecule is COc1ccc(Nc2ccc3c(C4CCCN(C)CC4)cn(C)c3c2)cc1OC. The molecular weight excluding hydrogens is 362 g/mol. The summed E-state index contributed by atoms with van der Waals surface area (Å²) in [6.45, 7) is 2.39. The van der Waals surface area contributed by atoms with Gasteiger partial charge in [0.25, 0.3) is 0 Å². The van der Waals surface area contributed by atoms with E-state index in [1.165, 1.54) is 48.8 Å².